The first kappa shape index (κ1) is 18.0. The van der Waals surface area contributed by atoms with Crippen LogP contribution in [0.2, 0.25) is 39.3 Å². The third kappa shape index (κ3) is 4.58. The molecule has 0 N–H and O–H groups in total. The lowest BCUT2D eigenvalue weighted by molar-refractivity contribution is 0.0704. The highest BCUT2D eigenvalue weighted by Gasteiger charge is 2.35. The molecular weight excluding hydrogens is 352 g/mol. The molecule has 0 saturated heterocycles. The molecular formula is C14H22O6SSi2. The number of carbonyl (C=O) groups excluding carboxylic acids is 2. The fourth-order valence-electron chi connectivity index (χ4n) is 1.87. The van der Waals surface area contributed by atoms with E-state index in [1.165, 1.54) is 0 Å². The Balaban J connectivity index is 2.38. The Bertz CT molecular complexity index is 574. The van der Waals surface area contributed by atoms with E-state index < -0.39 is 28.6 Å². The zero-order chi connectivity index (χ0) is 17.4. The van der Waals surface area contributed by atoms with Gasteiger partial charge in [-0.05, 0) is 39.3 Å². The van der Waals surface area contributed by atoms with E-state index in [-0.39, 0.29) is 9.75 Å². The number of carbonyl (C=O) groups is 2. The van der Waals surface area contributed by atoms with Crippen molar-refractivity contribution in [2.75, 3.05) is 13.2 Å². The summed E-state index contributed by atoms with van der Waals surface area (Å²) in [5.74, 6) is -0.343. The average Bonchev–Trinajstić information content (AvgIpc) is 2.74. The van der Waals surface area contributed by atoms with E-state index in [9.17, 15) is 9.59 Å². The monoisotopic (exact) mass is 374 g/mol. The zero-order valence-corrected chi connectivity index (χ0v) is 17.1. The van der Waals surface area contributed by atoms with Gasteiger partial charge in [-0.25, -0.2) is 9.59 Å². The molecule has 0 unspecified atom stereocenters. The summed E-state index contributed by atoms with van der Waals surface area (Å²) in [6.07, 6.45) is 0. The summed E-state index contributed by atoms with van der Waals surface area (Å²) in [5, 5.41) is 0. The Morgan fingerprint density at radius 3 is 1.48 bits per heavy atom. The van der Waals surface area contributed by atoms with Gasteiger partial charge in [0, 0.05) is 0 Å². The van der Waals surface area contributed by atoms with Gasteiger partial charge in [0.1, 0.15) is 13.2 Å². The van der Waals surface area contributed by atoms with Crippen molar-refractivity contribution < 1.29 is 27.9 Å². The SMILES string of the molecule is C[Si](C)(C)OC(=O)c1sc(C(=O)O[Si](C)(C)C)c2c1OCCO2. The van der Waals surface area contributed by atoms with Crippen molar-refractivity contribution in [3.63, 3.8) is 0 Å². The summed E-state index contributed by atoms with van der Waals surface area (Å²) >= 11 is 1.02. The van der Waals surface area contributed by atoms with Crippen LogP contribution in [0.25, 0.3) is 0 Å². The molecule has 0 fully saturated rings. The van der Waals surface area contributed by atoms with Crippen molar-refractivity contribution >= 4 is 39.9 Å². The maximum absolute atomic E-state index is 12.4. The van der Waals surface area contributed by atoms with E-state index in [0.29, 0.717) is 24.7 Å². The molecule has 0 amide bonds. The summed E-state index contributed by atoms with van der Waals surface area (Å²) in [7, 11) is -4.11. The highest BCUT2D eigenvalue weighted by molar-refractivity contribution is 7.16. The normalized spacial score (nSPS) is 14.3. The topological polar surface area (TPSA) is 71.1 Å². The van der Waals surface area contributed by atoms with Gasteiger partial charge in [-0.3, -0.25) is 0 Å². The minimum Gasteiger partial charge on any atom is -0.516 e. The zero-order valence-electron chi connectivity index (χ0n) is 14.3. The third-order valence-electron chi connectivity index (χ3n) is 2.57. The van der Waals surface area contributed by atoms with Gasteiger partial charge >= 0.3 is 11.9 Å². The maximum atomic E-state index is 12.4. The summed E-state index contributed by atoms with van der Waals surface area (Å²) in [6, 6.07) is 0. The van der Waals surface area contributed by atoms with E-state index in [2.05, 4.69) is 0 Å². The molecule has 0 spiro atoms. The van der Waals surface area contributed by atoms with Gasteiger partial charge in [-0.15, -0.1) is 11.3 Å². The first-order valence-electron chi connectivity index (χ1n) is 7.37. The molecule has 6 nitrogen and oxygen atoms in total. The first-order chi connectivity index (χ1) is 10.5. The van der Waals surface area contributed by atoms with E-state index in [1.54, 1.807) is 0 Å². The van der Waals surface area contributed by atoms with Crippen molar-refractivity contribution in [3.8, 4) is 11.5 Å². The van der Waals surface area contributed by atoms with Crippen LogP contribution in [-0.2, 0) is 8.85 Å². The molecule has 0 bridgehead atoms. The Kier molecular flexibility index (Phi) is 4.93. The van der Waals surface area contributed by atoms with Gasteiger partial charge in [-0.1, -0.05) is 0 Å². The summed E-state index contributed by atoms with van der Waals surface area (Å²) < 4.78 is 22.1. The number of hydrogen-bond donors (Lipinski definition) is 0. The second kappa shape index (κ2) is 6.29. The quantitative estimate of drug-likeness (QED) is 0.751. The summed E-state index contributed by atoms with van der Waals surface area (Å²) in [6.45, 7) is 12.2. The smallest absolute Gasteiger partial charge is 0.339 e. The van der Waals surface area contributed by atoms with Gasteiger partial charge in [0.05, 0.1) is 0 Å². The fourth-order valence-corrected chi connectivity index (χ4v) is 4.28. The van der Waals surface area contributed by atoms with Crippen molar-refractivity contribution in [2.45, 2.75) is 39.3 Å². The lowest BCUT2D eigenvalue weighted by Crippen LogP contribution is -2.29. The second-order valence-electron chi connectivity index (χ2n) is 7.12. The Hall–Kier alpha value is -1.33. The predicted octanol–water partition coefficient (Wildman–Crippen LogP) is 3.50. The Morgan fingerprint density at radius 1 is 0.826 bits per heavy atom. The molecule has 1 aromatic rings. The minimum atomic E-state index is -2.05. The molecule has 0 saturated carbocycles. The number of thiophene rings is 1. The molecule has 0 radical (unpaired) electrons. The van der Waals surface area contributed by atoms with Crippen LogP contribution in [0.1, 0.15) is 19.3 Å². The van der Waals surface area contributed by atoms with Gasteiger partial charge in [0.15, 0.2) is 21.3 Å². The molecule has 1 aliphatic heterocycles. The molecule has 2 heterocycles. The van der Waals surface area contributed by atoms with Crippen LogP contribution < -0.4 is 9.47 Å². The molecule has 1 aliphatic rings. The molecule has 9 heteroatoms. The van der Waals surface area contributed by atoms with Crippen LogP contribution in [0.5, 0.6) is 11.5 Å². The lowest BCUT2D eigenvalue weighted by Gasteiger charge is -2.20. The maximum Gasteiger partial charge on any atom is 0.339 e. The molecule has 128 valence electrons. The summed E-state index contributed by atoms with van der Waals surface area (Å²) in [4.78, 5) is 25.3. The van der Waals surface area contributed by atoms with Gasteiger partial charge in [-0.2, -0.15) is 0 Å². The lowest BCUT2D eigenvalue weighted by atomic mass is 10.3. The van der Waals surface area contributed by atoms with Gasteiger partial charge in [0.25, 0.3) is 0 Å². The van der Waals surface area contributed by atoms with E-state index in [4.69, 9.17) is 18.3 Å². The number of rotatable bonds is 4. The van der Waals surface area contributed by atoms with Gasteiger partial charge in [0.2, 0.25) is 16.6 Å². The predicted molar refractivity (Wildman–Crippen MR) is 92.8 cm³/mol. The van der Waals surface area contributed by atoms with Crippen LogP contribution in [0.15, 0.2) is 0 Å². The largest absolute Gasteiger partial charge is 0.516 e. The Labute approximate surface area is 142 Å². The molecule has 1 aromatic heterocycles. The van der Waals surface area contributed by atoms with Crippen LogP contribution in [0, 0.1) is 0 Å². The standard InChI is InChI=1S/C14H22O6SSi2/c1-22(2,3)19-13(15)11-9-10(18-8-7-17-9)12(21-11)14(16)20-23(4,5)6/h7-8H2,1-6H3. The molecule has 23 heavy (non-hydrogen) atoms. The van der Waals surface area contributed by atoms with Crippen LogP contribution in [-0.4, -0.2) is 41.8 Å². The highest BCUT2D eigenvalue weighted by atomic mass is 32.1. The first-order valence-corrected chi connectivity index (χ1v) is 15.0. The molecule has 0 aromatic carbocycles. The minimum absolute atomic E-state index is 0.268. The molecule has 0 aliphatic carbocycles. The Morgan fingerprint density at radius 2 is 1.17 bits per heavy atom. The van der Waals surface area contributed by atoms with Crippen LogP contribution in [0.3, 0.4) is 0 Å². The summed E-state index contributed by atoms with van der Waals surface area (Å²) in [5.41, 5.74) is 0. The van der Waals surface area contributed by atoms with Crippen LogP contribution >= 0.6 is 11.3 Å². The van der Waals surface area contributed by atoms with Crippen molar-refractivity contribution in [3.05, 3.63) is 9.75 Å². The van der Waals surface area contributed by atoms with E-state index in [0.717, 1.165) is 11.3 Å². The van der Waals surface area contributed by atoms with Crippen molar-refractivity contribution in [1.29, 1.82) is 0 Å². The fraction of sp³-hybridized carbons (Fsp3) is 0.571. The van der Waals surface area contributed by atoms with Gasteiger partial charge < -0.3 is 18.3 Å². The van der Waals surface area contributed by atoms with Crippen molar-refractivity contribution in [1.82, 2.24) is 0 Å². The van der Waals surface area contributed by atoms with Crippen LogP contribution in [0.4, 0.5) is 0 Å². The van der Waals surface area contributed by atoms with E-state index >= 15 is 0 Å². The number of hydrogen-bond acceptors (Lipinski definition) is 7. The molecule has 0 atom stereocenters. The second-order valence-corrected chi connectivity index (χ2v) is 17.0. The number of ether oxygens (including phenoxy) is 2. The average molecular weight is 375 g/mol. The van der Waals surface area contributed by atoms with Crippen molar-refractivity contribution in [2.24, 2.45) is 0 Å². The molecule has 2 rings (SSSR count). The number of fused-ring (bicyclic) bond motifs is 1. The third-order valence-corrected chi connectivity index (χ3v) is 5.28. The highest BCUT2D eigenvalue weighted by Crippen LogP contribution is 2.45. The van der Waals surface area contributed by atoms with E-state index in [1.807, 2.05) is 39.3 Å².